The van der Waals surface area contributed by atoms with Crippen molar-refractivity contribution in [3.63, 3.8) is 0 Å². The summed E-state index contributed by atoms with van der Waals surface area (Å²) in [5.74, 6) is 0.784. The number of ether oxygens (including phenoxy) is 1. The van der Waals surface area contributed by atoms with E-state index in [0.29, 0.717) is 0 Å². The normalized spacial score (nSPS) is 10.2. The van der Waals surface area contributed by atoms with Crippen molar-refractivity contribution < 1.29 is 4.74 Å². The topological polar surface area (TPSA) is 9.23 Å². The average molecular weight is 237 g/mol. The molecule has 1 nitrogen and oxygen atoms in total. The minimum Gasteiger partial charge on any atom is -0.465 e. The van der Waals surface area contributed by atoms with Gasteiger partial charge in [0.25, 0.3) is 0 Å². The summed E-state index contributed by atoms with van der Waals surface area (Å²) in [6.45, 7) is 3.56. The van der Waals surface area contributed by atoms with E-state index in [1.807, 2.05) is 36.4 Å². The van der Waals surface area contributed by atoms with E-state index in [0.717, 1.165) is 21.4 Å². The molecule has 0 aliphatic rings. The molecule has 0 saturated carbocycles. The van der Waals surface area contributed by atoms with Gasteiger partial charge in [-0.3, -0.25) is 0 Å². The molecule has 0 aromatic heterocycles. The summed E-state index contributed by atoms with van der Waals surface area (Å²) in [5.41, 5.74) is 0. The highest BCUT2D eigenvalue weighted by Gasteiger charge is 2.06. The summed E-state index contributed by atoms with van der Waals surface area (Å²) in [6.07, 6.45) is 1.42. The van der Waals surface area contributed by atoms with E-state index >= 15 is 0 Å². The molecular formula is C12H9ClOS. The summed E-state index contributed by atoms with van der Waals surface area (Å²) in [7, 11) is 7.01. The number of hydrogen-bond donors (Lipinski definition) is 0. The predicted octanol–water partition coefficient (Wildman–Crippen LogP) is 4.61. The summed E-state index contributed by atoms with van der Waals surface area (Å²) >= 11 is 0. The van der Waals surface area contributed by atoms with Gasteiger partial charge in [-0.1, -0.05) is 30.8 Å². The molecule has 2 aromatic carbocycles. The van der Waals surface area contributed by atoms with Crippen LogP contribution in [0.15, 0.2) is 54.1 Å². The molecule has 0 saturated heterocycles. The molecule has 0 aliphatic carbocycles. The second kappa shape index (κ2) is 4.60. The lowest BCUT2D eigenvalue weighted by Crippen LogP contribution is -1.84. The summed E-state index contributed by atoms with van der Waals surface area (Å²) in [6, 6.07) is 11.9. The lowest BCUT2D eigenvalue weighted by atomic mass is 10.1. The Balaban J connectivity index is 2.74. The molecular weight excluding hydrogens is 228 g/mol. The van der Waals surface area contributed by atoms with E-state index in [-0.39, 0.29) is 0 Å². The van der Waals surface area contributed by atoms with E-state index in [4.69, 9.17) is 15.4 Å². The van der Waals surface area contributed by atoms with Crippen molar-refractivity contribution in [2.24, 2.45) is 0 Å². The van der Waals surface area contributed by atoms with Crippen LogP contribution in [0.5, 0.6) is 5.75 Å². The Morgan fingerprint density at radius 1 is 1.20 bits per heavy atom. The van der Waals surface area contributed by atoms with E-state index in [1.165, 1.54) is 17.2 Å². The fourth-order valence-electron chi connectivity index (χ4n) is 1.53. The van der Waals surface area contributed by atoms with Crippen LogP contribution in [0.1, 0.15) is 0 Å². The van der Waals surface area contributed by atoms with Gasteiger partial charge in [-0.15, -0.1) is 0 Å². The maximum absolute atomic E-state index is 5.81. The maximum atomic E-state index is 5.81. The van der Waals surface area contributed by atoms with Crippen LogP contribution in [0.3, 0.4) is 0 Å². The number of rotatable bonds is 3. The molecule has 0 N–H and O–H groups in total. The van der Waals surface area contributed by atoms with Gasteiger partial charge in [-0.25, -0.2) is 0 Å². The van der Waals surface area contributed by atoms with Crippen LogP contribution in [0.25, 0.3) is 10.8 Å². The minimum absolute atomic E-state index is 0.784. The third kappa shape index (κ3) is 1.96. The standard InChI is InChI=1S/C12H9ClOS/c1-2-14-10-7-3-5-9-6-4-8-11(15-13)12(9)10/h2-8H,1H2. The van der Waals surface area contributed by atoms with Crippen LogP contribution in [-0.4, -0.2) is 0 Å². The second-order valence-corrected chi connectivity index (χ2v) is 4.03. The first-order valence-electron chi connectivity index (χ1n) is 4.44. The van der Waals surface area contributed by atoms with E-state index in [1.54, 1.807) is 0 Å². The van der Waals surface area contributed by atoms with Crippen LogP contribution in [0.4, 0.5) is 0 Å². The van der Waals surface area contributed by atoms with Crippen LogP contribution in [-0.2, 0) is 0 Å². The Bertz CT molecular complexity index is 491. The van der Waals surface area contributed by atoms with Crippen molar-refractivity contribution in [1.29, 1.82) is 0 Å². The van der Waals surface area contributed by atoms with Crippen molar-refractivity contribution in [3.8, 4) is 5.75 Å². The smallest absolute Gasteiger partial charge is 0.135 e. The lowest BCUT2D eigenvalue weighted by molar-refractivity contribution is 0.488. The van der Waals surface area contributed by atoms with E-state index in [2.05, 4.69) is 6.58 Å². The van der Waals surface area contributed by atoms with Gasteiger partial charge in [0.15, 0.2) is 0 Å². The van der Waals surface area contributed by atoms with Crippen molar-refractivity contribution in [2.75, 3.05) is 0 Å². The number of hydrogen-bond acceptors (Lipinski definition) is 2. The van der Waals surface area contributed by atoms with Crippen molar-refractivity contribution in [2.45, 2.75) is 4.90 Å². The third-order valence-electron chi connectivity index (χ3n) is 2.12. The zero-order valence-electron chi connectivity index (χ0n) is 7.94. The molecule has 0 spiro atoms. The largest absolute Gasteiger partial charge is 0.465 e. The number of fused-ring (bicyclic) bond motifs is 1. The first-order valence-corrected chi connectivity index (χ1v) is 6.09. The van der Waals surface area contributed by atoms with Crippen molar-refractivity contribution >= 4 is 32.4 Å². The van der Waals surface area contributed by atoms with Crippen molar-refractivity contribution in [1.82, 2.24) is 0 Å². The maximum Gasteiger partial charge on any atom is 0.135 e. The summed E-state index contributed by atoms with van der Waals surface area (Å²) in [4.78, 5) is 0.992. The van der Waals surface area contributed by atoms with Gasteiger partial charge in [-0.2, -0.15) is 0 Å². The Morgan fingerprint density at radius 2 is 1.93 bits per heavy atom. The van der Waals surface area contributed by atoms with Crippen LogP contribution >= 0.6 is 21.7 Å². The molecule has 0 bridgehead atoms. The first kappa shape index (κ1) is 10.4. The van der Waals surface area contributed by atoms with Crippen molar-refractivity contribution in [3.05, 3.63) is 49.2 Å². The molecule has 2 rings (SSSR count). The zero-order valence-corrected chi connectivity index (χ0v) is 9.52. The van der Waals surface area contributed by atoms with E-state index in [9.17, 15) is 0 Å². The average Bonchev–Trinajstić information content (AvgIpc) is 2.29. The third-order valence-corrected chi connectivity index (χ3v) is 3.13. The molecule has 2 aromatic rings. The molecule has 0 aliphatic heterocycles. The van der Waals surface area contributed by atoms with Gasteiger partial charge < -0.3 is 4.74 Å². The number of halogens is 1. The molecule has 3 heteroatoms. The van der Waals surface area contributed by atoms with Gasteiger partial charge in [-0.05, 0) is 39.2 Å². The highest BCUT2D eigenvalue weighted by Crippen LogP contribution is 2.36. The van der Waals surface area contributed by atoms with Gasteiger partial charge in [0.05, 0.1) is 6.26 Å². The van der Waals surface area contributed by atoms with Gasteiger partial charge in [0.2, 0.25) is 0 Å². The lowest BCUT2D eigenvalue weighted by Gasteiger charge is -2.07. The molecule has 15 heavy (non-hydrogen) atoms. The molecule has 0 unspecified atom stereocenters. The Labute approximate surface area is 97.2 Å². The molecule has 0 heterocycles. The van der Waals surface area contributed by atoms with Crippen LogP contribution in [0, 0.1) is 0 Å². The van der Waals surface area contributed by atoms with E-state index < -0.39 is 0 Å². The fourth-order valence-corrected chi connectivity index (χ4v) is 2.34. The Kier molecular flexibility index (Phi) is 3.19. The molecule has 0 fully saturated rings. The predicted molar refractivity (Wildman–Crippen MR) is 66.5 cm³/mol. The second-order valence-electron chi connectivity index (χ2n) is 2.97. The van der Waals surface area contributed by atoms with Gasteiger partial charge >= 0.3 is 0 Å². The summed E-state index contributed by atoms with van der Waals surface area (Å²) < 4.78 is 5.35. The highest BCUT2D eigenvalue weighted by molar-refractivity contribution is 8.21. The minimum atomic E-state index is 0.784. The first-order chi connectivity index (χ1) is 7.36. The molecule has 0 amide bonds. The molecule has 0 atom stereocenters. The Morgan fingerprint density at radius 3 is 2.60 bits per heavy atom. The summed E-state index contributed by atoms with van der Waals surface area (Å²) in [5, 5.41) is 2.14. The fraction of sp³-hybridized carbons (Fsp3) is 0. The Hall–Kier alpha value is -1.12. The monoisotopic (exact) mass is 236 g/mol. The molecule has 76 valence electrons. The zero-order chi connectivity index (χ0) is 10.7. The molecule has 0 radical (unpaired) electrons. The van der Waals surface area contributed by atoms with Gasteiger partial charge in [0, 0.05) is 10.3 Å². The van der Waals surface area contributed by atoms with Gasteiger partial charge in [0.1, 0.15) is 5.75 Å². The number of benzene rings is 2. The highest BCUT2D eigenvalue weighted by atomic mass is 35.7. The van der Waals surface area contributed by atoms with Crippen LogP contribution < -0.4 is 4.74 Å². The quantitative estimate of drug-likeness (QED) is 0.720. The van der Waals surface area contributed by atoms with Crippen LogP contribution in [0.2, 0.25) is 0 Å². The SMILES string of the molecule is C=COc1cccc2cccc(SCl)c12.